The van der Waals surface area contributed by atoms with Gasteiger partial charge in [0.2, 0.25) is 0 Å². The smallest absolute Gasteiger partial charge is 0.303 e. The lowest BCUT2D eigenvalue weighted by Gasteiger charge is -2.09. The van der Waals surface area contributed by atoms with Gasteiger partial charge in [-0.1, -0.05) is 18.2 Å². The first-order valence-electron chi connectivity index (χ1n) is 5.81. The first-order chi connectivity index (χ1) is 9.16. The number of carboxylic acid groups (broad SMARTS) is 1. The zero-order valence-corrected chi connectivity index (χ0v) is 10.1. The van der Waals surface area contributed by atoms with Crippen molar-refractivity contribution in [3.8, 4) is 0 Å². The maximum absolute atomic E-state index is 11.8. The molecular formula is C14H13NO4. The normalized spacial score (nSPS) is 10.1. The summed E-state index contributed by atoms with van der Waals surface area (Å²) in [5.74, 6) is -1.01. The molecule has 0 aliphatic carbocycles. The lowest BCUT2D eigenvalue weighted by molar-refractivity contribution is -0.136. The average Bonchev–Trinajstić information content (AvgIpc) is 2.91. The Labute approximate surface area is 109 Å². The highest BCUT2D eigenvalue weighted by Gasteiger charge is 2.11. The molecule has 5 nitrogen and oxygen atoms in total. The second-order valence-corrected chi connectivity index (χ2v) is 3.98. The molecule has 0 aliphatic rings. The molecule has 5 heteroatoms. The minimum atomic E-state index is -0.868. The summed E-state index contributed by atoms with van der Waals surface area (Å²) in [5.41, 5.74) is 1.38. The molecular weight excluding hydrogens is 246 g/mol. The van der Waals surface area contributed by atoms with Crippen LogP contribution in [0.15, 0.2) is 47.1 Å². The Bertz CT molecular complexity index is 575. The number of carboxylic acids is 1. The maximum atomic E-state index is 11.8. The van der Waals surface area contributed by atoms with Gasteiger partial charge in [0.1, 0.15) is 0 Å². The Morgan fingerprint density at radius 2 is 1.95 bits per heavy atom. The van der Waals surface area contributed by atoms with E-state index in [1.807, 2.05) is 0 Å². The topological polar surface area (TPSA) is 79.5 Å². The van der Waals surface area contributed by atoms with Gasteiger partial charge in [0, 0.05) is 12.1 Å². The third kappa shape index (κ3) is 3.45. The van der Waals surface area contributed by atoms with E-state index in [9.17, 15) is 9.59 Å². The maximum Gasteiger partial charge on any atom is 0.303 e. The molecule has 98 valence electrons. The molecule has 1 aromatic heterocycles. The molecule has 1 amide bonds. The molecule has 0 saturated heterocycles. The molecule has 0 atom stereocenters. The van der Waals surface area contributed by atoms with E-state index in [1.54, 1.807) is 36.4 Å². The number of benzene rings is 1. The highest BCUT2D eigenvalue weighted by atomic mass is 16.4. The number of furan rings is 1. The van der Waals surface area contributed by atoms with Crippen LogP contribution in [-0.2, 0) is 11.2 Å². The fourth-order valence-electron chi connectivity index (χ4n) is 1.69. The summed E-state index contributed by atoms with van der Waals surface area (Å²) < 4.78 is 5.00. The van der Waals surface area contributed by atoms with E-state index in [4.69, 9.17) is 9.52 Å². The van der Waals surface area contributed by atoms with Crippen molar-refractivity contribution in [1.82, 2.24) is 0 Å². The Morgan fingerprint density at radius 3 is 2.63 bits per heavy atom. The van der Waals surface area contributed by atoms with E-state index in [2.05, 4.69) is 5.32 Å². The summed E-state index contributed by atoms with van der Waals surface area (Å²) in [6, 6.07) is 10.3. The van der Waals surface area contributed by atoms with E-state index in [1.165, 1.54) is 6.26 Å². The number of amides is 1. The van der Waals surface area contributed by atoms with E-state index >= 15 is 0 Å². The van der Waals surface area contributed by atoms with Crippen LogP contribution in [-0.4, -0.2) is 17.0 Å². The minimum Gasteiger partial charge on any atom is -0.481 e. The van der Waals surface area contributed by atoms with E-state index in [-0.39, 0.29) is 18.1 Å². The van der Waals surface area contributed by atoms with Gasteiger partial charge >= 0.3 is 5.97 Å². The number of carbonyl (C=O) groups excluding carboxylic acids is 1. The molecule has 0 radical (unpaired) electrons. The summed E-state index contributed by atoms with van der Waals surface area (Å²) in [4.78, 5) is 22.4. The summed E-state index contributed by atoms with van der Waals surface area (Å²) in [5, 5.41) is 11.4. The quantitative estimate of drug-likeness (QED) is 0.864. The predicted octanol–water partition coefficient (Wildman–Crippen LogP) is 2.55. The van der Waals surface area contributed by atoms with E-state index in [0.717, 1.165) is 5.56 Å². The lowest BCUT2D eigenvalue weighted by atomic mass is 10.1. The van der Waals surface area contributed by atoms with Crippen LogP contribution in [0.4, 0.5) is 5.69 Å². The number of carbonyl (C=O) groups is 2. The van der Waals surface area contributed by atoms with Gasteiger partial charge in [-0.15, -0.1) is 0 Å². The molecule has 2 aromatic rings. The number of hydrogen-bond donors (Lipinski definition) is 2. The number of aryl methyl sites for hydroxylation is 1. The van der Waals surface area contributed by atoms with Crippen LogP contribution in [0.5, 0.6) is 0 Å². The second-order valence-electron chi connectivity index (χ2n) is 3.98. The van der Waals surface area contributed by atoms with Crippen LogP contribution in [0.2, 0.25) is 0 Å². The van der Waals surface area contributed by atoms with Crippen LogP contribution in [0, 0.1) is 0 Å². The molecule has 0 saturated carbocycles. The number of hydrogen-bond acceptors (Lipinski definition) is 3. The van der Waals surface area contributed by atoms with Gasteiger partial charge in [-0.25, -0.2) is 0 Å². The van der Waals surface area contributed by atoms with Crippen molar-refractivity contribution in [2.75, 3.05) is 5.32 Å². The Kier molecular flexibility index (Phi) is 3.97. The number of rotatable bonds is 5. The zero-order chi connectivity index (χ0) is 13.7. The third-order valence-corrected chi connectivity index (χ3v) is 2.62. The summed E-state index contributed by atoms with van der Waals surface area (Å²) in [6.07, 6.45) is 1.81. The van der Waals surface area contributed by atoms with Crippen molar-refractivity contribution < 1.29 is 19.1 Å². The van der Waals surface area contributed by atoms with Crippen molar-refractivity contribution in [2.45, 2.75) is 12.8 Å². The standard InChI is InChI=1S/C14H13NO4/c16-13(17)8-7-10-4-1-2-5-11(10)15-14(18)12-6-3-9-19-12/h1-6,9H,7-8H2,(H,15,18)(H,16,17). The van der Waals surface area contributed by atoms with Crippen molar-refractivity contribution in [1.29, 1.82) is 0 Å². The number of para-hydroxylation sites is 1. The molecule has 1 aromatic carbocycles. The predicted molar refractivity (Wildman–Crippen MR) is 69.1 cm³/mol. The van der Waals surface area contributed by atoms with Crippen molar-refractivity contribution in [3.63, 3.8) is 0 Å². The number of nitrogens with one attached hydrogen (secondary N) is 1. The number of anilines is 1. The van der Waals surface area contributed by atoms with Crippen LogP contribution in [0.25, 0.3) is 0 Å². The van der Waals surface area contributed by atoms with Gasteiger partial charge in [0.15, 0.2) is 5.76 Å². The second kappa shape index (κ2) is 5.86. The summed E-state index contributed by atoms with van der Waals surface area (Å²) in [7, 11) is 0. The Hall–Kier alpha value is -2.56. The van der Waals surface area contributed by atoms with Crippen molar-refractivity contribution >= 4 is 17.6 Å². The van der Waals surface area contributed by atoms with Crippen LogP contribution in [0.3, 0.4) is 0 Å². The summed E-state index contributed by atoms with van der Waals surface area (Å²) in [6.45, 7) is 0. The van der Waals surface area contributed by atoms with Crippen LogP contribution >= 0.6 is 0 Å². The molecule has 0 aliphatic heterocycles. The minimum absolute atomic E-state index is 0.0215. The molecule has 0 fully saturated rings. The largest absolute Gasteiger partial charge is 0.481 e. The summed E-state index contributed by atoms with van der Waals surface area (Å²) >= 11 is 0. The van der Waals surface area contributed by atoms with Crippen molar-refractivity contribution in [2.24, 2.45) is 0 Å². The molecule has 0 bridgehead atoms. The molecule has 2 rings (SSSR count). The highest BCUT2D eigenvalue weighted by molar-refractivity contribution is 6.02. The van der Waals surface area contributed by atoms with Crippen LogP contribution < -0.4 is 5.32 Å². The lowest BCUT2D eigenvalue weighted by Crippen LogP contribution is -2.12. The zero-order valence-electron chi connectivity index (χ0n) is 10.1. The molecule has 1 heterocycles. The molecule has 2 N–H and O–H groups in total. The third-order valence-electron chi connectivity index (χ3n) is 2.62. The van der Waals surface area contributed by atoms with Gasteiger partial charge < -0.3 is 14.8 Å². The SMILES string of the molecule is O=C(O)CCc1ccccc1NC(=O)c1ccco1. The van der Waals surface area contributed by atoms with E-state index < -0.39 is 5.97 Å². The fraction of sp³-hybridized carbons (Fsp3) is 0.143. The van der Waals surface area contributed by atoms with Gasteiger partial charge in [-0.2, -0.15) is 0 Å². The van der Waals surface area contributed by atoms with Gasteiger partial charge in [-0.3, -0.25) is 9.59 Å². The van der Waals surface area contributed by atoms with Gasteiger partial charge in [0.25, 0.3) is 5.91 Å². The molecule has 0 unspecified atom stereocenters. The molecule has 0 spiro atoms. The van der Waals surface area contributed by atoms with Crippen LogP contribution in [0.1, 0.15) is 22.5 Å². The Balaban J connectivity index is 2.11. The van der Waals surface area contributed by atoms with Crippen molar-refractivity contribution in [3.05, 3.63) is 54.0 Å². The fourth-order valence-corrected chi connectivity index (χ4v) is 1.69. The van der Waals surface area contributed by atoms with Gasteiger partial charge in [0.05, 0.1) is 6.26 Å². The Morgan fingerprint density at radius 1 is 1.16 bits per heavy atom. The highest BCUT2D eigenvalue weighted by Crippen LogP contribution is 2.18. The van der Waals surface area contributed by atoms with Gasteiger partial charge in [-0.05, 0) is 30.2 Å². The average molecular weight is 259 g/mol. The first-order valence-corrected chi connectivity index (χ1v) is 5.81. The monoisotopic (exact) mass is 259 g/mol. The van der Waals surface area contributed by atoms with E-state index in [0.29, 0.717) is 12.1 Å². The first kappa shape index (κ1) is 12.9. The molecule has 19 heavy (non-hydrogen) atoms. The number of aliphatic carboxylic acids is 1.